The number of fused-ring (bicyclic) bond motifs is 1. The minimum absolute atomic E-state index is 0.0445. The number of halogens is 1. The minimum atomic E-state index is -1.39. The van der Waals surface area contributed by atoms with Gasteiger partial charge in [0.15, 0.2) is 5.69 Å². The van der Waals surface area contributed by atoms with Crippen molar-refractivity contribution in [3.05, 3.63) is 75.2 Å². The van der Waals surface area contributed by atoms with Gasteiger partial charge in [-0.1, -0.05) is 13.0 Å². The van der Waals surface area contributed by atoms with Crippen molar-refractivity contribution in [2.24, 2.45) is 5.73 Å². The third-order valence-electron chi connectivity index (χ3n) is 7.26. The van der Waals surface area contributed by atoms with Gasteiger partial charge >= 0.3 is 0 Å². The maximum Gasteiger partial charge on any atom is 0.269 e. The number of aromatic amines is 1. The van der Waals surface area contributed by atoms with Crippen LogP contribution in [-0.4, -0.2) is 66.3 Å². The second-order valence-electron chi connectivity index (χ2n) is 10.0. The van der Waals surface area contributed by atoms with Crippen LogP contribution in [0.1, 0.15) is 46.3 Å². The molecule has 39 heavy (non-hydrogen) atoms. The molecule has 1 saturated heterocycles. The van der Waals surface area contributed by atoms with Gasteiger partial charge in [0.2, 0.25) is 17.4 Å². The van der Waals surface area contributed by atoms with Gasteiger partial charge in [0, 0.05) is 35.4 Å². The lowest BCUT2D eigenvalue weighted by Gasteiger charge is -2.29. The van der Waals surface area contributed by atoms with Crippen LogP contribution >= 0.6 is 0 Å². The number of hydrogen-bond acceptors (Lipinski definition) is 7. The molecule has 2 aliphatic rings. The Kier molecular flexibility index (Phi) is 6.58. The lowest BCUT2D eigenvalue weighted by atomic mass is 9.74. The number of H-pyrrole nitrogens is 1. The number of likely N-dealkylation sites (tertiary alicyclic amines) is 1. The molecule has 1 aliphatic carbocycles. The summed E-state index contributed by atoms with van der Waals surface area (Å²) in [5.74, 6) is -1.84. The largest absolute Gasteiger partial charge is 0.364 e. The fourth-order valence-corrected chi connectivity index (χ4v) is 5.16. The molecule has 0 spiro atoms. The van der Waals surface area contributed by atoms with E-state index in [-0.39, 0.29) is 30.8 Å². The highest BCUT2D eigenvalue weighted by molar-refractivity contribution is 5.98. The highest BCUT2D eigenvalue weighted by Gasteiger charge is 2.41. The summed E-state index contributed by atoms with van der Waals surface area (Å²) in [6.07, 6.45) is 5.78. The standard InChI is InChI=1S/C26H27FN8O4/c1-14-18(3-4-21(36)31-14)32-25(39)20-9-16(27)12-34(20)22(37)13-35-19-5-7-26(2,15-6-8-29-30-11-15)10-17(19)23(33-35)24(28)38/h3-8,11,16,20H,9-10,12-13H2,1-2H3,(H2,28,38)(H,31,36)(H,32,39). The van der Waals surface area contributed by atoms with Gasteiger partial charge in [0.05, 0.1) is 24.1 Å². The third kappa shape index (κ3) is 4.94. The third-order valence-corrected chi connectivity index (χ3v) is 7.26. The number of pyridine rings is 1. The molecule has 13 heteroatoms. The van der Waals surface area contributed by atoms with Gasteiger partial charge in [0.1, 0.15) is 18.8 Å². The zero-order chi connectivity index (χ0) is 27.9. The SMILES string of the molecule is Cc1[nH]c(=O)ccc1NC(=O)C1CC(F)CN1C(=O)Cn1nc(C(N)=O)c2c1C=CC(C)(c1ccnnc1)C2. The number of nitrogens with zero attached hydrogens (tertiary/aromatic N) is 5. The molecule has 4 N–H and O–H groups in total. The van der Waals surface area contributed by atoms with Gasteiger partial charge in [-0.25, -0.2) is 4.39 Å². The molecule has 3 aromatic rings. The summed E-state index contributed by atoms with van der Waals surface area (Å²) in [6, 6.07) is 3.49. The zero-order valence-electron chi connectivity index (χ0n) is 21.3. The molecule has 202 valence electrons. The number of alkyl halides is 1. The highest BCUT2D eigenvalue weighted by atomic mass is 19.1. The molecule has 0 aromatic carbocycles. The van der Waals surface area contributed by atoms with Crippen molar-refractivity contribution in [2.45, 2.75) is 50.9 Å². The maximum absolute atomic E-state index is 14.5. The number of primary amides is 1. The van der Waals surface area contributed by atoms with E-state index in [0.717, 1.165) is 5.56 Å². The second kappa shape index (κ2) is 9.89. The number of allylic oxidation sites excluding steroid dienone is 1. The molecule has 3 amide bonds. The molecule has 1 fully saturated rings. The Labute approximate surface area is 222 Å². The first-order valence-corrected chi connectivity index (χ1v) is 12.4. The number of rotatable bonds is 6. The molecule has 5 rings (SSSR count). The van der Waals surface area contributed by atoms with E-state index in [1.165, 1.54) is 21.7 Å². The smallest absolute Gasteiger partial charge is 0.269 e. The molecule has 3 atom stereocenters. The number of carbonyl (C=O) groups is 3. The predicted octanol–water partition coefficient (Wildman–Crippen LogP) is 0.874. The average Bonchev–Trinajstić information content (AvgIpc) is 3.46. The van der Waals surface area contributed by atoms with Gasteiger partial charge in [-0.15, -0.1) is 0 Å². The minimum Gasteiger partial charge on any atom is -0.364 e. The van der Waals surface area contributed by atoms with E-state index >= 15 is 0 Å². The Hall–Kier alpha value is -4.68. The van der Waals surface area contributed by atoms with Crippen LogP contribution in [0.2, 0.25) is 0 Å². The van der Waals surface area contributed by atoms with Crippen LogP contribution in [0.5, 0.6) is 0 Å². The van der Waals surface area contributed by atoms with Crippen LogP contribution in [0.3, 0.4) is 0 Å². The summed E-state index contributed by atoms with van der Waals surface area (Å²) in [4.78, 5) is 53.9. The summed E-state index contributed by atoms with van der Waals surface area (Å²) < 4.78 is 15.8. The van der Waals surface area contributed by atoms with Crippen LogP contribution in [0, 0.1) is 6.92 Å². The highest BCUT2D eigenvalue weighted by Crippen LogP contribution is 2.37. The van der Waals surface area contributed by atoms with Crippen molar-refractivity contribution >= 4 is 29.5 Å². The van der Waals surface area contributed by atoms with E-state index in [4.69, 9.17) is 5.73 Å². The normalized spacial score (nSPS) is 22.0. The maximum atomic E-state index is 14.5. The Bertz CT molecular complexity index is 1550. The summed E-state index contributed by atoms with van der Waals surface area (Å²) in [5, 5.41) is 14.8. The molecular formula is C26H27FN8O4. The predicted molar refractivity (Wildman–Crippen MR) is 138 cm³/mol. The van der Waals surface area contributed by atoms with E-state index in [9.17, 15) is 23.6 Å². The van der Waals surface area contributed by atoms with Crippen molar-refractivity contribution < 1.29 is 18.8 Å². The van der Waals surface area contributed by atoms with Crippen molar-refractivity contribution in [1.29, 1.82) is 0 Å². The monoisotopic (exact) mass is 534 g/mol. The average molecular weight is 535 g/mol. The van der Waals surface area contributed by atoms with Gasteiger partial charge < -0.3 is 20.9 Å². The van der Waals surface area contributed by atoms with E-state index in [0.29, 0.717) is 29.1 Å². The number of aryl methyl sites for hydroxylation is 1. The Balaban J connectivity index is 1.39. The number of nitrogens with one attached hydrogen (secondary N) is 2. The zero-order valence-corrected chi connectivity index (χ0v) is 21.3. The van der Waals surface area contributed by atoms with E-state index in [1.807, 2.05) is 19.1 Å². The Morgan fingerprint density at radius 3 is 2.74 bits per heavy atom. The van der Waals surface area contributed by atoms with Gasteiger partial charge in [-0.05, 0) is 37.1 Å². The van der Waals surface area contributed by atoms with Gasteiger partial charge in [0.25, 0.3) is 5.91 Å². The van der Waals surface area contributed by atoms with Crippen LogP contribution in [0.25, 0.3) is 6.08 Å². The van der Waals surface area contributed by atoms with E-state index in [2.05, 4.69) is 25.6 Å². The van der Waals surface area contributed by atoms with Crippen molar-refractivity contribution in [2.75, 3.05) is 11.9 Å². The van der Waals surface area contributed by atoms with Crippen molar-refractivity contribution in [1.82, 2.24) is 29.9 Å². The van der Waals surface area contributed by atoms with Crippen molar-refractivity contribution in [3.63, 3.8) is 0 Å². The summed E-state index contributed by atoms with van der Waals surface area (Å²) >= 11 is 0. The molecule has 4 heterocycles. The van der Waals surface area contributed by atoms with Crippen LogP contribution in [0.4, 0.5) is 10.1 Å². The molecule has 3 unspecified atom stereocenters. The number of amides is 3. The fourth-order valence-electron chi connectivity index (χ4n) is 5.16. The summed E-state index contributed by atoms with van der Waals surface area (Å²) in [5.41, 5.74) is 7.65. The number of anilines is 1. The molecule has 0 radical (unpaired) electrons. The van der Waals surface area contributed by atoms with Crippen molar-refractivity contribution in [3.8, 4) is 0 Å². The number of hydrogen-bond donors (Lipinski definition) is 3. The fraction of sp³-hybridized carbons (Fsp3) is 0.346. The molecule has 0 bridgehead atoms. The van der Waals surface area contributed by atoms with E-state index < -0.39 is 35.4 Å². The van der Waals surface area contributed by atoms with Crippen LogP contribution < -0.4 is 16.6 Å². The topological polar surface area (TPSA) is 169 Å². The van der Waals surface area contributed by atoms with Crippen LogP contribution in [-0.2, 0) is 28.0 Å². The first kappa shape index (κ1) is 25.9. The first-order valence-electron chi connectivity index (χ1n) is 12.4. The van der Waals surface area contributed by atoms with Gasteiger partial charge in [-0.2, -0.15) is 15.3 Å². The molecule has 1 aliphatic heterocycles. The van der Waals surface area contributed by atoms with Crippen LogP contribution in [0.15, 0.2) is 41.5 Å². The summed E-state index contributed by atoms with van der Waals surface area (Å²) in [7, 11) is 0. The Morgan fingerprint density at radius 2 is 2.05 bits per heavy atom. The molecule has 12 nitrogen and oxygen atoms in total. The molecule has 3 aromatic heterocycles. The number of nitrogens with two attached hydrogens (primary N) is 1. The summed E-state index contributed by atoms with van der Waals surface area (Å²) in [6.45, 7) is 3.03. The molecule has 0 saturated carbocycles. The quantitative estimate of drug-likeness (QED) is 0.421. The lowest BCUT2D eigenvalue weighted by Crippen LogP contribution is -2.44. The van der Waals surface area contributed by atoms with Gasteiger partial charge in [-0.3, -0.25) is 23.9 Å². The number of aromatic nitrogens is 5. The Morgan fingerprint density at radius 1 is 1.26 bits per heavy atom. The lowest BCUT2D eigenvalue weighted by molar-refractivity contribution is -0.137. The number of carbonyl (C=O) groups excluding carboxylic acids is 3. The second-order valence-corrected chi connectivity index (χ2v) is 10.0. The molecular weight excluding hydrogens is 507 g/mol. The first-order chi connectivity index (χ1) is 18.6. The van der Waals surface area contributed by atoms with E-state index in [1.54, 1.807) is 25.4 Å².